The van der Waals surface area contributed by atoms with Crippen LogP contribution in [0.25, 0.3) is 10.9 Å². The number of pyridine rings is 1. The molecule has 2 N–H and O–H groups in total. The third kappa shape index (κ3) is 2.18. The third-order valence-corrected chi connectivity index (χ3v) is 3.75. The van der Waals surface area contributed by atoms with Crippen LogP contribution in [0.3, 0.4) is 0 Å². The maximum Gasteiger partial charge on any atom is 0.0722 e. The first-order valence-electron chi connectivity index (χ1n) is 6.68. The Morgan fingerprint density at radius 2 is 2.17 bits per heavy atom. The summed E-state index contributed by atoms with van der Waals surface area (Å²) in [7, 11) is 0. The molecule has 2 heterocycles. The highest BCUT2D eigenvalue weighted by atomic mass is 15.0. The van der Waals surface area contributed by atoms with Gasteiger partial charge in [0.25, 0.3) is 0 Å². The largest absolute Gasteiger partial charge is 0.380 e. The van der Waals surface area contributed by atoms with Gasteiger partial charge in [-0.3, -0.25) is 4.98 Å². The average molecular weight is 241 g/mol. The Hall–Kier alpha value is -1.61. The average Bonchev–Trinajstić information content (AvgIpc) is 2.42. The fourth-order valence-corrected chi connectivity index (χ4v) is 2.66. The lowest BCUT2D eigenvalue weighted by Crippen LogP contribution is -2.46. The number of piperidine rings is 1. The molecule has 1 aliphatic heterocycles. The van der Waals surface area contributed by atoms with E-state index in [1.165, 1.54) is 23.9 Å². The Labute approximate surface area is 108 Å². The summed E-state index contributed by atoms with van der Waals surface area (Å²) in [4.78, 5) is 4.40. The Bertz CT molecular complexity index is 533. The molecule has 0 bridgehead atoms. The molecule has 2 aromatic rings. The topological polar surface area (TPSA) is 37.0 Å². The first kappa shape index (κ1) is 11.5. The molecule has 2 unspecified atom stereocenters. The van der Waals surface area contributed by atoms with Gasteiger partial charge in [-0.1, -0.05) is 18.2 Å². The predicted molar refractivity (Wildman–Crippen MR) is 75.9 cm³/mol. The van der Waals surface area contributed by atoms with Crippen molar-refractivity contribution in [2.75, 3.05) is 11.9 Å². The maximum absolute atomic E-state index is 4.40. The van der Waals surface area contributed by atoms with Crippen molar-refractivity contribution in [1.29, 1.82) is 0 Å². The van der Waals surface area contributed by atoms with Crippen LogP contribution in [0.15, 0.2) is 36.5 Å². The Morgan fingerprint density at radius 1 is 1.28 bits per heavy atom. The molecule has 3 nitrogen and oxygen atoms in total. The van der Waals surface area contributed by atoms with Crippen molar-refractivity contribution in [3.05, 3.63) is 36.5 Å². The van der Waals surface area contributed by atoms with Crippen molar-refractivity contribution < 1.29 is 0 Å². The molecule has 0 radical (unpaired) electrons. The van der Waals surface area contributed by atoms with Crippen LogP contribution in [-0.2, 0) is 0 Å². The van der Waals surface area contributed by atoms with Gasteiger partial charge in [0.15, 0.2) is 0 Å². The molecule has 18 heavy (non-hydrogen) atoms. The van der Waals surface area contributed by atoms with Crippen molar-refractivity contribution in [2.45, 2.75) is 31.8 Å². The minimum Gasteiger partial charge on any atom is -0.380 e. The number of hydrogen-bond acceptors (Lipinski definition) is 3. The Morgan fingerprint density at radius 3 is 3.06 bits per heavy atom. The van der Waals surface area contributed by atoms with Gasteiger partial charge in [-0.2, -0.15) is 0 Å². The summed E-state index contributed by atoms with van der Waals surface area (Å²) in [6.45, 7) is 3.39. The molecule has 0 amide bonds. The number of nitrogens with one attached hydrogen (secondary N) is 2. The van der Waals surface area contributed by atoms with Crippen LogP contribution in [0.1, 0.15) is 19.8 Å². The van der Waals surface area contributed by atoms with E-state index in [1.54, 1.807) is 0 Å². The van der Waals surface area contributed by atoms with E-state index < -0.39 is 0 Å². The normalized spacial score (nSPS) is 24.1. The molecular weight excluding hydrogens is 222 g/mol. The van der Waals surface area contributed by atoms with Gasteiger partial charge in [0, 0.05) is 29.4 Å². The highest BCUT2D eigenvalue weighted by Crippen LogP contribution is 2.23. The van der Waals surface area contributed by atoms with Crippen molar-refractivity contribution in [3.63, 3.8) is 0 Å². The monoisotopic (exact) mass is 241 g/mol. The Balaban J connectivity index is 1.90. The number of benzene rings is 1. The summed E-state index contributed by atoms with van der Waals surface area (Å²) in [5.74, 6) is 0. The van der Waals surface area contributed by atoms with E-state index in [4.69, 9.17) is 0 Å². The van der Waals surface area contributed by atoms with E-state index in [0.29, 0.717) is 12.1 Å². The molecular formula is C15H19N3. The van der Waals surface area contributed by atoms with Gasteiger partial charge < -0.3 is 10.6 Å². The van der Waals surface area contributed by atoms with E-state index in [1.807, 2.05) is 12.3 Å². The fourth-order valence-electron chi connectivity index (χ4n) is 2.66. The zero-order chi connectivity index (χ0) is 12.4. The van der Waals surface area contributed by atoms with Crippen molar-refractivity contribution in [3.8, 4) is 0 Å². The molecule has 1 aliphatic rings. The lowest BCUT2D eigenvalue weighted by Gasteiger charge is -2.31. The molecule has 2 atom stereocenters. The van der Waals surface area contributed by atoms with E-state index >= 15 is 0 Å². The SMILES string of the molecule is CC1NCCCC1Nc1ccnc2ccccc12. The van der Waals surface area contributed by atoms with Crippen LogP contribution in [0.2, 0.25) is 0 Å². The van der Waals surface area contributed by atoms with Crippen LogP contribution in [0, 0.1) is 0 Å². The first-order chi connectivity index (χ1) is 8.84. The zero-order valence-corrected chi connectivity index (χ0v) is 10.7. The number of hydrogen-bond donors (Lipinski definition) is 2. The second-order valence-electron chi connectivity index (χ2n) is 5.01. The highest BCUT2D eigenvalue weighted by molar-refractivity contribution is 5.90. The minimum atomic E-state index is 0.504. The van der Waals surface area contributed by atoms with Gasteiger partial charge in [0.05, 0.1) is 5.52 Å². The first-order valence-corrected chi connectivity index (χ1v) is 6.68. The highest BCUT2D eigenvalue weighted by Gasteiger charge is 2.20. The lowest BCUT2D eigenvalue weighted by atomic mass is 9.99. The molecule has 3 heteroatoms. The molecule has 3 rings (SSSR count). The Kier molecular flexibility index (Phi) is 3.15. The van der Waals surface area contributed by atoms with E-state index in [2.05, 4.69) is 46.8 Å². The number of fused-ring (bicyclic) bond motifs is 1. The molecule has 1 aromatic carbocycles. The standard InChI is InChI=1S/C15H19N3/c1-11-13(7-4-9-16-11)18-15-8-10-17-14-6-3-2-5-12(14)15/h2-3,5-6,8,10-11,13,16H,4,7,9H2,1H3,(H,17,18). The van der Waals surface area contributed by atoms with Gasteiger partial charge in [-0.15, -0.1) is 0 Å². The van der Waals surface area contributed by atoms with Crippen LogP contribution < -0.4 is 10.6 Å². The molecule has 0 aliphatic carbocycles. The minimum absolute atomic E-state index is 0.504. The van der Waals surface area contributed by atoms with Crippen molar-refractivity contribution in [2.24, 2.45) is 0 Å². The number of nitrogens with zero attached hydrogens (tertiary/aromatic N) is 1. The van der Waals surface area contributed by atoms with Crippen molar-refractivity contribution in [1.82, 2.24) is 10.3 Å². The van der Waals surface area contributed by atoms with Gasteiger partial charge in [0.1, 0.15) is 0 Å². The van der Waals surface area contributed by atoms with Crippen LogP contribution in [0.4, 0.5) is 5.69 Å². The second kappa shape index (κ2) is 4.94. The van der Waals surface area contributed by atoms with Gasteiger partial charge >= 0.3 is 0 Å². The second-order valence-corrected chi connectivity index (χ2v) is 5.01. The maximum atomic E-state index is 4.40. The molecule has 1 aromatic heterocycles. The molecule has 0 spiro atoms. The van der Waals surface area contributed by atoms with E-state index in [-0.39, 0.29) is 0 Å². The third-order valence-electron chi connectivity index (χ3n) is 3.75. The zero-order valence-electron chi connectivity index (χ0n) is 10.7. The fraction of sp³-hybridized carbons (Fsp3) is 0.400. The summed E-state index contributed by atoms with van der Waals surface area (Å²) >= 11 is 0. The van der Waals surface area contributed by atoms with Crippen molar-refractivity contribution >= 4 is 16.6 Å². The number of para-hydroxylation sites is 1. The van der Waals surface area contributed by atoms with Crippen LogP contribution in [-0.4, -0.2) is 23.6 Å². The summed E-state index contributed by atoms with van der Waals surface area (Å²) in [5, 5.41) is 8.40. The quantitative estimate of drug-likeness (QED) is 0.849. The summed E-state index contributed by atoms with van der Waals surface area (Å²) in [5.41, 5.74) is 2.25. The molecule has 1 fully saturated rings. The van der Waals surface area contributed by atoms with E-state index in [0.717, 1.165) is 12.1 Å². The number of aromatic nitrogens is 1. The molecule has 0 saturated carbocycles. The molecule has 94 valence electrons. The van der Waals surface area contributed by atoms with Gasteiger partial charge in [-0.25, -0.2) is 0 Å². The lowest BCUT2D eigenvalue weighted by molar-refractivity contribution is 0.389. The van der Waals surface area contributed by atoms with Gasteiger partial charge in [-0.05, 0) is 38.4 Å². The predicted octanol–water partition coefficient (Wildman–Crippen LogP) is 2.79. The van der Waals surface area contributed by atoms with Gasteiger partial charge in [0.2, 0.25) is 0 Å². The summed E-state index contributed by atoms with van der Waals surface area (Å²) in [6.07, 6.45) is 4.35. The van der Waals surface area contributed by atoms with Crippen LogP contribution >= 0.6 is 0 Å². The summed E-state index contributed by atoms with van der Waals surface area (Å²) in [6, 6.07) is 11.4. The number of rotatable bonds is 2. The number of anilines is 1. The smallest absolute Gasteiger partial charge is 0.0722 e. The summed E-state index contributed by atoms with van der Waals surface area (Å²) < 4.78 is 0. The van der Waals surface area contributed by atoms with Crippen LogP contribution in [0.5, 0.6) is 0 Å². The van der Waals surface area contributed by atoms with E-state index in [9.17, 15) is 0 Å². The molecule has 1 saturated heterocycles.